The van der Waals surface area contributed by atoms with Gasteiger partial charge in [-0.2, -0.15) is 5.10 Å². The smallest absolute Gasteiger partial charge is 0.269 e. The van der Waals surface area contributed by atoms with Crippen LogP contribution in [0.3, 0.4) is 0 Å². The largest absolute Gasteiger partial charge is 0.397 e. The molecule has 2 heterocycles. The number of carbonyl (C=O) groups excluding carboxylic acids is 1. The van der Waals surface area contributed by atoms with Gasteiger partial charge in [0.1, 0.15) is 0 Å². The predicted octanol–water partition coefficient (Wildman–Crippen LogP) is 0.132. The minimum Gasteiger partial charge on any atom is -0.397 e. The molecule has 0 radical (unpaired) electrons. The molecule has 0 spiro atoms. The molecule has 6 nitrogen and oxygen atoms in total. The molecule has 0 aliphatic heterocycles. The molecular formula is C9H11N5O. The Balaban J connectivity index is 2.75. The van der Waals surface area contributed by atoms with Gasteiger partial charge in [0, 0.05) is 11.9 Å². The van der Waals surface area contributed by atoms with Gasteiger partial charge in [0.05, 0.1) is 11.9 Å². The Hall–Kier alpha value is -2.11. The van der Waals surface area contributed by atoms with E-state index in [0.29, 0.717) is 12.2 Å². The highest BCUT2D eigenvalue weighted by Crippen LogP contribution is 2.17. The maximum absolute atomic E-state index is 11.0. The monoisotopic (exact) mass is 205 g/mol. The first-order valence-electron chi connectivity index (χ1n) is 4.55. The van der Waals surface area contributed by atoms with Gasteiger partial charge >= 0.3 is 0 Å². The molecule has 2 aromatic rings. The van der Waals surface area contributed by atoms with Crippen molar-refractivity contribution in [3.05, 3.63) is 18.0 Å². The van der Waals surface area contributed by atoms with Crippen LogP contribution >= 0.6 is 0 Å². The summed E-state index contributed by atoms with van der Waals surface area (Å²) in [7, 11) is 0. The number of fused-ring (bicyclic) bond motifs is 1. The molecule has 1 amide bonds. The molecule has 0 fully saturated rings. The number of aryl methyl sites for hydroxylation is 1. The molecule has 2 rings (SSSR count). The summed E-state index contributed by atoms with van der Waals surface area (Å²) in [5.74, 6) is -0.627. The second-order valence-electron chi connectivity index (χ2n) is 3.16. The predicted molar refractivity (Wildman–Crippen MR) is 56.1 cm³/mol. The van der Waals surface area contributed by atoms with Crippen molar-refractivity contribution in [1.29, 1.82) is 0 Å². The maximum Gasteiger partial charge on any atom is 0.269 e. The Bertz CT molecular complexity index is 531. The molecule has 6 heteroatoms. The van der Waals surface area contributed by atoms with E-state index < -0.39 is 5.91 Å². The van der Waals surface area contributed by atoms with Gasteiger partial charge < -0.3 is 11.5 Å². The molecule has 15 heavy (non-hydrogen) atoms. The van der Waals surface area contributed by atoms with Gasteiger partial charge in [0.15, 0.2) is 11.3 Å². The van der Waals surface area contributed by atoms with E-state index in [-0.39, 0.29) is 11.4 Å². The highest BCUT2D eigenvalue weighted by atomic mass is 16.1. The first-order valence-corrected chi connectivity index (χ1v) is 4.55. The van der Waals surface area contributed by atoms with Crippen LogP contribution in [0.1, 0.15) is 17.4 Å². The minimum atomic E-state index is -0.627. The fraction of sp³-hybridized carbons (Fsp3) is 0.222. The third-order valence-corrected chi connectivity index (χ3v) is 2.17. The molecule has 0 unspecified atom stereocenters. The van der Waals surface area contributed by atoms with Crippen molar-refractivity contribution in [1.82, 2.24) is 14.8 Å². The number of nitrogens with two attached hydrogens (primary N) is 2. The Morgan fingerprint density at radius 1 is 1.60 bits per heavy atom. The number of hydrogen-bond donors (Lipinski definition) is 2. The third-order valence-electron chi connectivity index (χ3n) is 2.17. The van der Waals surface area contributed by atoms with E-state index in [1.165, 1.54) is 0 Å². The van der Waals surface area contributed by atoms with E-state index in [1.54, 1.807) is 16.9 Å². The number of amides is 1. The molecule has 0 aromatic carbocycles. The number of primary amides is 1. The van der Waals surface area contributed by atoms with Crippen molar-refractivity contribution in [2.75, 3.05) is 5.73 Å². The summed E-state index contributed by atoms with van der Waals surface area (Å²) in [6.07, 6.45) is 1.66. The highest BCUT2D eigenvalue weighted by Gasteiger charge is 2.12. The topological polar surface area (TPSA) is 99.8 Å². The zero-order valence-electron chi connectivity index (χ0n) is 8.27. The van der Waals surface area contributed by atoms with Crippen LogP contribution in [0.5, 0.6) is 0 Å². The van der Waals surface area contributed by atoms with Gasteiger partial charge in [-0.1, -0.05) is 0 Å². The van der Waals surface area contributed by atoms with Gasteiger partial charge in [-0.15, -0.1) is 0 Å². The van der Waals surface area contributed by atoms with Crippen molar-refractivity contribution < 1.29 is 4.79 Å². The van der Waals surface area contributed by atoms with Gasteiger partial charge in [0.25, 0.3) is 5.91 Å². The molecule has 0 bridgehead atoms. The number of rotatable bonds is 2. The molecular weight excluding hydrogens is 194 g/mol. The number of pyridine rings is 1. The molecule has 0 aliphatic carbocycles. The zero-order chi connectivity index (χ0) is 11.0. The number of hydrogen-bond acceptors (Lipinski definition) is 4. The standard InChI is InChI=1S/C9H11N5O/c1-2-14-9-5(4-12-14)3-6(10)7(13-9)8(11)15/h3-4H,2,10H2,1H3,(H2,11,15). The second kappa shape index (κ2) is 3.23. The summed E-state index contributed by atoms with van der Waals surface area (Å²) >= 11 is 0. The van der Waals surface area contributed by atoms with Crippen LogP contribution in [0.4, 0.5) is 5.69 Å². The molecule has 4 N–H and O–H groups in total. The van der Waals surface area contributed by atoms with Crippen LogP contribution in [0.2, 0.25) is 0 Å². The van der Waals surface area contributed by atoms with E-state index in [2.05, 4.69) is 10.1 Å². The molecule has 78 valence electrons. The van der Waals surface area contributed by atoms with Crippen LogP contribution in [-0.4, -0.2) is 20.7 Å². The number of nitrogens with zero attached hydrogens (tertiary/aromatic N) is 3. The van der Waals surface area contributed by atoms with E-state index in [1.807, 2.05) is 6.92 Å². The normalized spacial score (nSPS) is 10.7. The van der Waals surface area contributed by atoms with Crippen LogP contribution < -0.4 is 11.5 Å². The van der Waals surface area contributed by atoms with Gasteiger partial charge in [-0.25, -0.2) is 9.67 Å². The summed E-state index contributed by atoms with van der Waals surface area (Å²) in [6.45, 7) is 2.62. The van der Waals surface area contributed by atoms with E-state index in [0.717, 1.165) is 5.39 Å². The first-order chi connectivity index (χ1) is 7.13. The van der Waals surface area contributed by atoms with E-state index in [9.17, 15) is 4.79 Å². The Labute approximate surface area is 85.9 Å². The lowest BCUT2D eigenvalue weighted by molar-refractivity contribution is 0.0997. The minimum absolute atomic E-state index is 0.0951. The maximum atomic E-state index is 11.0. The number of carbonyl (C=O) groups is 1. The Morgan fingerprint density at radius 3 is 2.93 bits per heavy atom. The van der Waals surface area contributed by atoms with E-state index in [4.69, 9.17) is 11.5 Å². The summed E-state index contributed by atoms with van der Waals surface area (Å²) in [4.78, 5) is 15.1. The van der Waals surface area contributed by atoms with Crippen LogP contribution in [0, 0.1) is 0 Å². The lowest BCUT2D eigenvalue weighted by Gasteiger charge is -2.02. The first kappa shape index (κ1) is 9.45. The van der Waals surface area contributed by atoms with Gasteiger partial charge in [0.2, 0.25) is 0 Å². The molecule has 0 atom stereocenters. The third kappa shape index (κ3) is 1.39. The van der Waals surface area contributed by atoms with Crippen molar-refractivity contribution in [3.8, 4) is 0 Å². The van der Waals surface area contributed by atoms with E-state index >= 15 is 0 Å². The van der Waals surface area contributed by atoms with Crippen LogP contribution in [0.15, 0.2) is 12.3 Å². The molecule has 0 aliphatic rings. The molecule has 0 saturated carbocycles. The SMILES string of the molecule is CCn1ncc2cc(N)c(C(N)=O)nc21. The zero-order valence-corrected chi connectivity index (χ0v) is 8.27. The van der Waals surface area contributed by atoms with Crippen molar-refractivity contribution >= 4 is 22.6 Å². The number of nitrogen functional groups attached to an aromatic ring is 1. The van der Waals surface area contributed by atoms with Crippen LogP contribution in [0.25, 0.3) is 11.0 Å². The second-order valence-corrected chi connectivity index (χ2v) is 3.16. The summed E-state index contributed by atoms with van der Waals surface area (Å²) < 4.78 is 1.68. The van der Waals surface area contributed by atoms with Gasteiger partial charge in [-0.05, 0) is 13.0 Å². The number of aromatic nitrogens is 3. The summed E-state index contributed by atoms with van der Waals surface area (Å²) in [5.41, 5.74) is 11.8. The van der Waals surface area contributed by atoms with Crippen molar-refractivity contribution in [2.45, 2.75) is 13.5 Å². The summed E-state index contributed by atoms with van der Waals surface area (Å²) in [6, 6.07) is 1.65. The molecule has 2 aromatic heterocycles. The Kier molecular flexibility index (Phi) is 2.03. The molecule has 0 saturated heterocycles. The fourth-order valence-corrected chi connectivity index (χ4v) is 1.45. The average molecular weight is 205 g/mol. The number of anilines is 1. The quantitative estimate of drug-likeness (QED) is 0.727. The summed E-state index contributed by atoms with van der Waals surface area (Å²) in [5, 5.41) is 4.91. The highest BCUT2D eigenvalue weighted by molar-refractivity contribution is 5.98. The van der Waals surface area contributed by atoms with Gasteiger partial charge in [-0.3, -0.25) is 4.79 Å². The average Bonchev–Trinajstić information content (AvgIpc) is 2.58. The Morgan fingerprint density at radius 2 is 2.33 bits per heavy atom. The lowest BCUT2D eigenvalue weighted by atomic mass is 10.2. The van der Waals surface area contributed by atoms with Crippen LogP contribution in [-0.2, 0) is 6.54 Å². The lowest BCUT2D eigenvalue weighted by Crippen LogP contribution is -2.16. The fourth-order valence-electron chi connectivity index (χ4n) is 1.45. The van der Waals surface area contributed by atoms with Crippen molar-refractivity contribution in [3.63, 3.8) is 0 Å². The van der Waals surface area contributed by atoms with Crippen molar-refractivity contribution in [2.24, 2.45) is 5.73 Å².